The molecule has 2 saturated heterocycles. The number of ether oxygens (including phenoxy) is 1. The van der Waals surface area contributed by atoms with Crippen LogP contribution in [0.3, 0.4) is 0 Å². The number of hydrogen-bond donors (Lipinski definition) is 1. The minimum absolute atomic E-state index is 0.400. The maximum Gasteiger partial charge on any atom is 0.0700 e. The van der Waals surface area contributed by atoms with Gasteiger partial charge in [0, 0.05) is 24.7 Å². The summed E-state index contributed by atoms with van der Waals surface area (Å²) in [6, 6.07) is 0.582. The van der Waals surface area contributed by atoms with Gasteiger partial charge >= 0.3 is 0 Å². The SMILES string of the molecule is CC1OCCC1NCC1(N2CCCCC2)CCCCC1. The van der Waals surface area contributed by atoms with Crippen molar-refractivity contribution in [2.24, 2.45) is 0 Å². The fraction of sp³-hybridized carbons (Fsp3) is 1.00. The van der Waals surface area contributed by atoms with Gasteiger partial charge in [-0.2, -0.15) is 0 Å². The van der Waals surface area contributed by atoms with Gasteiger partial charge in [-0.1, -0.05) is 25.7 Å². The van der Waals surface area contributed by atoms with E-state index in [2.05, 4.69) is 17.1 Å². The molecule has 0 radical (unpaired) electrons. The smallest absolute Gasteiger partial charge is 0.0700 e. The third kappa shape index (κ3) is 3.20. The number of piperidine rings is 1. The summed E-state index contributed by atoms with van der Waals surface area (Å²) in [6.45, 7) is 7.01. The lowest BCUT2D eigenvalue weighted by Gasteiger charge is -2.49. The fourth-order valence-electron chi connectivity index (χ4n) is 4.50. The van der Waals surface area contributed by atoms with Crippen molar-refractivity contribution in [1.82, 2.24) is 10.2 Å². The van der Waals surface area contributed by atoms with Crippen LogP contribution in [-0.2, 0) is 4.74 Å². The van der Waals surface area contributed by atoms with Crippen molar-refractivity contribution in [2.75, 3.05) is 26.2 Å². The predicted molar refractivity (Wildman–Crippen MR) is 83.1 cm³/mol. The average Bonchev–Trinajstić information content (AvgIpc) is 2.92. The van der Waals surface area contributed by atoms with Crippen LogP contribution in [0, 0.1) is 0 Å². The molecule has 3 fully saturated rings. The summed E-state index contributed by atoms with van der Waals surface area (Å²) in [5.41, 5.74) is 0.459. The highest BCUT2D eigenvalue weighted by Gasteiger charge is 2.39. The van der Waals surface area contributed by atoms with Gasteiger partial charge < -0.3 is 10.1 Å². The molecule has 0 aromatic heterocycles. The Labute approximate surface area is 124 Å². The zero-order valence-electron chi connectivity index (χ0n) is 13.2. The third-order valence-electron chi connectivity index (χ3n) is 5.88. The zero-order chi connectivity index (χ0) is 13.8. The Morgan fingerprint density at radius 3 is 2.40 bits per heavy atom. The largest absolute Gasteiger partial charge is 0.377 e. The summed E-state index contributed by atoms with van der Waals surface area (Å²) >= 11 is 0. The second-order valence-corrected chi connectivity index (χ2v) is 7.18. The Kier molecular flexibility index (Phi) is 5.00. The molecule has 0 spiro atoms. The van der Waals surface area contributed by atoms with Crippen LogP contribution < -0.4 is 5.32 Å². The molecule has 1 aliphatic carbocycles. The van der Waals surface area contributed by atoms with Crippen LogP contribution in [0.15, 0.2) is 0 Å². The molecule has 0 aromatic rings. The fourth-order valence-corrected chi connectivity index (χ4v) is 4.50. The molecule has 2 heterocycles. The summed E-state index contributed by atoms with van der Waals surface area (Å²) in [7, 11) is 0. The molecule has 3 heteroatoms. The Bertz CT molecular complexity index is 295. The Morgan fingerprint density at radius 2 is 1.75 bits per heavy atom. The van der Waals surface area contributed by atoms with Gasteiger partial charge in [0.15, 0.2) is 0 Å². The molecular formula is C17H32N2O. The number of nitrogens with zero attached hydrogens (tertiary/aromatic N) is 1. The second-order valence-electron chi connectivity index (χ2n) is 7.18. The molecule has 116 valence electrons. The van der Waals surface area contributed by atoms with E-state index in [1.165, 1.54) is 77.4 Å². The number of likely N-dealkylation sites (tertiary alicyclic amines) is 1. The molecule has 0 amide bonds. The van der Waals surface area contributed by atoms with Crippen molar-refractivity contribution in [3.05, 3.63) is 0 Å². The van der Waals surface area contributed by atoms with Crippen LogP contribution in [0.1, 0.15) is 64.7 Å². The minimum Gasteiger partial charge on any atom is -0.377 e. The van der Waals surface area contributed by atoms with Crippen LogP contribution in [0.25, 0.3) is 0 Å². The van der Waals surface area contributed by atoms with Gasteiger partial charge in [0.2, 0.25) is 0 Å². The normalized spacial score (nSPS) is 35.2. The molecule has 0 bridgehead atoms. The summed E-state index contributed by atoms with van der Waals surface area (Å²) in [4.78, 5) is 2.84. The van der Waals surface area contributed by atoms with Crippen LogP contribution in [-0.4, -0.2) is 48.8 Å². The first-order chi connectivity index (χ1) is 9.80. The molecule has 0 aromatic carbocycles. The quantitative estimate of drug-likeness (QED) is 0.857. The molecule has 20 heavy (non-hydrogen) atoms. The molecule has 1 N–H and O–H groups in total. The van der Waals surface area contributed by atoms with Crippen LogP contribution in [0.2, 0.25) is 0 Å². The highest BCUT2D eigenvalue weighted by atomic mass is 16.5. The molecule has 1 saturated carbocycles. The number of hydrogen-bond acceptors (Lipinski definition) is 3. The average molecular weight is 280 g/mol. The lowest BCUT2D eigenvalue weighted by molar-refractivity contribution is 0.0284. The summed E-state index contributed by atoms with van der Waals surface area (Å²) < 4.78 is 5.71. The van der Waals surface area contributed by atoms with Gasteiger partial charge in [-0.15, -0.1) is 0 Å². The molecule has 3 rings (SSSR count). The van der Waals surface area contributed by atoms with Gasteiger partial charge in [0.25, 0.3) is 0 Å². The number of rotatable bonds is 4. The minimum atomic E-state index is 0.400. The Morgan fingerprint density at radius 1 is 1.05 bits per heavy atom. The molecule has 2 atom stereocenters. The van der Waals surface area contributed by atoms with Crippen molar-refractivity contribution in [1.29, 1.82) is 0 Å². The number of nitrogens with one attached hydrogen (secondary N) is 1. The van der Waals surface area contributed by atoms with E-state index in [-0.39, 0.29) is 0 Å². The zero-order valence-corrected chi connectivity index (χ0v) is 13.2. The first-order valence-electron chi connectivity index (χ1n) is 8.90. The van der Waals surface area contributed by atoms with Crippen LogP contribution in [0.4, 0.5) is 0 Å². The van der Waals surface area contributed by atoms with Gasteiger partial charge in [-0.25, -0.2) is 0 Å². The van der Waals surface area contributed by atoms with E-state index >= 15 is 0 Å². The summed E-state index contributed by atoms with van der Waals surface area (Å²) in [5, 5.41) is 3.87. The van der Waals surface area contributed by atoms with E-state index in [1.54, 1.807) is 0 Å². The third-order valence-corrected chi connectivity index (χ3v) is 5.88. The monoisotopic (exact) mass is 280 g/mol. The molecule has 3 nitrogen and oxygen atoms in total. The van der Waals surface area contributed by atoms with E-state index in [0.29, 0.717) is 17.7 Å². The second kappa shape index (κ2) is 6.76. The summed E-state index contributed by atoms with van der Waals surface area (Å²) in [6.07, 6.45) is 12.9. The maximum atomic E-state index is 5.71. The summed E-state index contributed by atoms with van der Waals surface area (Å²) in [5.74, 6) is 0. The lowest BCUT2D eigenvalue weighted by Crippen LogP contribution is -2.59. The van der Waals surface area contributed by atoms with Gasteiger partial charge in [0.05, 0.1) is 6.10 Å². The van der Waals surface area contributed by atoms with Crippen LogP contribution >= 0.6 is 0 Å². The topological polar surface area (TPSA) is 24.5 Å². The van der Waals surface area contributed by atoms with Gasteiger partial charge in [0.1, 0.15) is 0 Å². The van der Waals surface area contributed by atoms with Crippen molar-refractivity contribution in [2.45, 2.75) is 82.4 Å². The van der Waals surface area contributed by atoms with E-state index in [4.69, 9.17) is 4.74 Å². The lowest BCUT2D eigenvalue weighted by atomic mass is 9.79. The van der Waals surface area contributed by atoms with Crippen molar-refractivity contribution < 1.29 is 4.74 Å². The standard InChI is InChI=1S/C17H32N2O/c1-15-16(8-13-20-15)18-14-17(9-4-2-5-10-17)19-11-6-3-7-12-19/h15-16,18H,2-14H2,1H3. The molecule has 2 aliphatic heterocycles. The van der Waals surface area contributed by atoms with Crippen molar-refractivity contribution in [3.63, 3.8) is 0 Å². The van der Waals surface area contributed by atoms with E-state index < -0.39 is 0 Å². The Balaban J connectivity index is 1.62. The first-order valence-corrected chi connectivity index (χ1v) is 8.90. The van der Waals surface area contributed by atoms with Crippen LogP contribution in [0.5, 0.6) is 0 Å². The van der Waals surface area contributed by atoms with E-state index in [1.807, 2.05) is 0 Å². The first kappa shape index (κ1) is 14.8. The molecular weight excluding hydrogens is 248 g/mol. The highest BCUT2D eigenvalue weighted by Crippen LogP contribution is 2.35. The highest BCUT2D eigenvalue weighted by molar-refractivity contribution is 4.97. The predicted octanol–water partition coefficient (Wildman–Crippen LogP) is 2.94. The maximum absolute atomic E-state index is 5.71. The molecule has 3 aliphatic rings. The van der Waals surface area contributed by atoms with Crippen molar-refractivity contribution >= 4 is 0 Å². The van der Waals surface area contributed by atoms with Gasteiger partial charge in [-0.3, -0.25) is 4.90 Å². The van der Waals surface area contributed by atoms with Crippen molar-refractivity contribution in [3.8, 4) is 0 Å². The van der Waals surface area contributed by atoms with E-state index in [0.717, 1.165) is 6.61 Å². The van der Waals surface area contributed by atoms with Gasteiger partial charge in [-0.05, 0) is 52.1 Å². The molecule has 2 unspecified atom stereocenters. The Hall–Kier alpha value is -0.120. The van der Waals surface area contributed by atoms with E-state index in [9.17, 15) is 0 Å².